The fourth-order valence-electron chi connectivity index (χ4n) is 4.97. The van der Waals surface area contributed by atoms with Gasteiger partial charge in [-0.25, -0.2) is 0 Å². The maximum Gasteiger partial charge on any atom is 0.269 e. The van der Waals surface area contributed by atoms with Gasteiger partial charge >= 0.3 is 0 Å². The molecule has 3 amide bonds. The molecule has 0 radical (unpaired) electrons. The number of hydrogen-bond donors (Lipinski definition) is 1. The minimum atomic E-state index is -1.23. The fourth-order valence-corrected chi connectivity index (χ4v) is 6.33. The first-order chi connectivity index (χ1) is 16.7. The highest BCUT2D eigenvalue weighted by Crippen LogP contribution is 2.55. The van der Waals surface area contributed by atoms with Crippen LogP contribution < -0.4 is 15.1 Å². The number of rotatable bonds is 4. The molecule has 1 atom stereocenters. The molecule has 1 fully saturated rings. The Bertz CT molecular complexity index is 1370. The second-order valence-electron chi connectivity index (χ2n) is 9.26. The molecular formula is C28H27N3O3S. The fraction of sp³-hybridized carbons (Fsp3) is 0.250. The van der Waals surface area contributed by atoms with Crippen LogP contribution in [0.25, 0.3) is 0 Å². The third-order valence-electron chi connectivity index (χ3n) is 6.62. The molecule has 2 aliphatic rings. The SMILES string of the molecule is Cc1cc(C)cc(NC(=O)CN2C(=O)[C@]3(SCC(=O)N3c3ccc(C)c(C)c3)c3ccccc32)c1. The van der Waals surface area contributed by atoms with Gasteiger partial charge in [-0.15, -0.1) is 11.8 Å². The number of carbonyl (C=O) groups excluding carboxylic acids is 3. The summed E-state index contributed by atoms with van der Waals surface area (Å²) in [6.07, 6.45) is 0. The number of nitrogens with zero attached hydrogens (tertiary/aromatic N) is 2. The van der Waals surface area contributed by atoms with Crippen molar-refractivity contribution in [3.05, 3.63) is 88.5 Å². The maximum atomic E-state index is 14.1. The van der Waals surface area contributed by atoms with Gasteiger partial charge < -0.3 is 5.32 Å². The largest absolute Gasteiger partial charge is 0.325 e. The van der Waals surface area contributed by atoms with Crippen molar-refractivity contribution in [2.75, 3.05) is 27.4 Å². The average molecular weight is 486 g/mol. The molecule has 35 heavy (non-hydrogen) atoms. The maximum absolute atomic E-state index is 14.1. The van der Waals surface area contributed by atoms with Crippen LogP contribution >= 0.6 is 11.8 Å². The number of fused-ring (bicyclic) bond motifs is 2. The Morgan fingerprint density at radius 2 is 1.66 bits per heavy atom. The number of para-hydroxylation sites is 1. The van der Waals surface area contributed by atoms with E-state index >= 15 is 0 Å². The van der Waals surface area contributed by atoms with E-state index in [-0.39, 0.29) is 30.0 Å². The van der Waals surface area contributed by atoms with Gasteiger partial charge in [0.15, 0.2) is 0 Å². The molecule has 3 aromatic rings. The van der Waals surface area contributed by atoms with Gasteiger partial charge in [-0.3, -0.25) is 24.2 Å². The number of aryl methyl sites for hydroxylation is 4. The van der Waals surface area contributed by atoms with Crippen molar-refractivity contribution in [1.29, 1.82) is 0 Å². The van der Waals surface area contributed by atoms with Crippen molar-refractivity contribution < 1.29 is 14.4 Å². The molecule has 7 heteroatoms. The topological polar surface area (TPSA) is 69.7 Å². The molecule has 2 aliphatic heterocycles. The monoisotopic (exact) mass is 485 g/mol. The normalized spacial score (nSPS) is 19.0. The van der Waals surface area contributed by atoms with E-state index in [9.17, 15) is 14.4 Å². The van der Waals surface area contributed by atoms with Crippen LogP contribution in [0, 0.1) is 27.7 Å². The number of anilines is 3. The first-order valence-electron chi connectivity index (χ1n) is 11.5. The van der Waals surface area contributed by atoms with E-state index in [1.807, 2.05) is 88.4 Å². The van der Waals surface area contributed by atoms with Crippen LogP contribution in [0.2, 0.25) is 0 Å². The number of nitrogens with one attached hydrogen (secondary N) is 1. The van der Waals surface area contributed by atoms with Crippen molar-refractivity contribution in [2.24, 2.45) is 0 Å². The highest BCUT2D eigenvalue weighted by Gasteiger charge is 2.61. The molecule has 0 aliphatic carbocycles. The number of amides is 3. The average Bonchev–Trinajstić information content (AvgIpc) is 3.26. The van der Waals surface area contributed by atoms with Gasteiger partial charge in [0.25, 0.3) is 5.91 Å². The standard InChI is InChI=1S/C28H27N3O3S/c1-17-11-18(2)13-21(12-17)29-25(32)15-30-24-8-6-5-7-23(24)28(27(30)34)31(26(33)16-35-28)22-10-9-19(3)20(4)14-22/h5-14H,15-16H2,1-4H3,(H,29,32)/t28-/m1/s1. The van der Waals surface area contributed by atoms with E-state index in [0.29, 0.717) is 17.1 Å². The van der Waals surface area contributed by atoms with Crippen molar-refractivity contribution >= 4 is 46.5 Å². The number of thioether (sulfide) groups is 1. The zero-order valence-electron chi connectivity index (χ0n) is 20.2. The Morgan fingerprint density at radius 3 is 2.37 bits per heavy atom. The van der Waals surface area contributed by atoms with Gasteiger partial charge in [0, 0.05) is 16.9 Å². The van der Waals surface area contributed by atoms with E-state index in [1.165, 1.54) is 16.7 Å². The zero-order chi connectivity index (χ0) is 24.9. The summed E-state index contributed by atoms with van der Waals surface area (Å²) in [5, 5.41) is 2.93. The first kappa shape index (κ1) is 23.2. The molecule has 1 spiro atoms. The molecule has 3 aromatic carbocycles. The Labute approximate surface area is 209 Å². The lowest BCUT2D eigenvalue weighted by atomic mass is 10.0. The summed E-state index contributed by atoms with van der Waals surface area (Å²) >= 11 is 1.32. The summed E-state index contributed by atoms with van der Waals surface area (Å²) in [4.78, 5) is 42.2. The Hall–Kier alpha value is -3.58. The van der Waals surface area contributed by atoms with E-state index in [2.05, 4.69) is 5.32 Å². The predicted molar refractivity (Wildman–Crippen MR) is 141 cm³/mol. The van der Waals surface area contributed by atoms with Gasteiger partial charge in [-0.1, -0.05) is 30.3 Å². The third kappa shape index (κ3) is 3.80. The van der Waals surface area contributed by atoms with Crippen LogP contribution in [0.4, 0.5) is 17.1 Å². The number of carbonyl (C=O) groups is 3. The van der Waals surface area contributed by atoms with E-state index in [0.717, 1.165) is 27.8 Å². The van der Waals surface area contributed by atoms with Gasteiger partial charge in [-0.05, 0) is 80.3 Å². The molecule has 0 saturated carbocycles. The summed E-state index contributed by atoms with van der Waals surface area (Å²) in [5.41, 5.74) is 7.04. The van der Waals surface area contributed by atoms with Crippen LogP contribution in [0.1, 0.15) is 27.8 Å². The molecule has 5 rings (SSSR count). The van der Waals surface area contributed by atoms with Crippen LogP contribution in [0.5, 0.6) is 0 Å². The minimum Gasteiger partial charge on any atom is -0.325 e. The molecule has 178 valence electrons. The molecule has 1 N–H and O–H groups in total. The summed E-state index contributed by atoms with van der Waals surface area (Å²) in [7, 11) is 0. The van der Waals surface area contributed by atoms with Gasteiger partial charge in [-0.2, -0.15) is 0 Å². The van der Waals surface area contributed by atoms with Crippen molar-refractivity contribution in [2.45, 2.75) is 32.6 Å². The molecule has 0 unspecified atom stereocenters. The first-order valence-corrected chi connectivity index (χ1v) is 12.5. The smallest absolute Gasteiger partial charge is 0.269 e. The van der Waals surface area contributed by atoms with Crippen LogP contribution in [-0.2, 0) is 19.3 Å². The van der Waals surface area contributed by atoms with E-state index in [1.54, 1.807) is 4.90 Å². The Kier molecular flexibility index (Phi) is 5.68. The molecular weight excluding hydrogens is 458 g/mol. The Morgan fingerprint density at radius 1 is 0.943 bits per heavy atom. The van der Waals surface area contributed by atoms with Gasteiger partial charge in [0.2, 0.25) is 16.7 Å². The van der Waals surface area contributed by atoms with Crippen molar-refractivity contribution in [3.63, 3.8) is 0 Å². The number of hydrogen-bond acceptors (Lipinski definition) is 4. The van der Waals surface area contributed by atoms with Crippen LogP contribution in [0.3, 0.4) is 0 Å². The second-order valence-corrected chi connectivity index (χ2v) is 10.4. The number of benzene rings is 3. The third-order valence-corrected chi connectivity index (χ3v) is 8.01. The lowest BCUT2D eigenvalue weighted by molar-refractivity contribution is -0.124. The lowest BCUT2D eigenvalue weighted by Crippen LogP contribution is -2.50. The van der Waals surface area contributed by atoms with Crippen LogP contribution in [-0.4, -0.2) is 30.0 Å². The molecule has 1 saturated heterocycles. The minimum absolute atomic E-state index is 0.122. The molecule has 0 bridgehead atoms. The quantitative estimate of drug-likeness (QED) is 0.574. The van der Waals surface area contributed by atoms with Gasteiger partial charge in [0.05, 0.1) is 11.4 Å². The van der Waals surface area contributed by atoms with E-state index < -0.39 is 4.87 Å². The van der Waals surface area contributed by atoms with Crippen molar-refractivity contribution in [1.82, 2.24) is 0 Å². The highest BCUT2D eigenvalue weighted by molar-refractivity contribution is 8.02. The summed E-state index contributed by atoms with van der Waals surface area (Å²) in [5.74, 6) is -0.496. The molecule has 2 heterocycles. The van der Waals surface area contributed by atoms with Gasteiger partial charge in [0.1, 0.15) is 6.54 Å². The molecule has 6 nitrogen and oxygen atoms in total. The lowest BCUT2D eigenvalue weighted by Gasteiger charge is -2.33. The van der Waals surface area contributed by atoms with Crippen molar-refractivity contribution in [3.8, 4) is 0 Å². The zero-order valence-corrected chi connectivity index (χ0v) is 21.0. The summed E-state index contributed by atoms with van der Waals surface area (Å²) in [6.45, 7) is 7.82. The molecule has 0 aromatic heterocycles. The summed E-state index contributed by atoms with van der Waals surface area (Å²) < 4.78 is 0. The predicted octanol–water partition coefficient (Wildman–Crippen LogP) is 4.84. The van der Waals surface area contributed by atoms with E-state index in [4.69, 9.17) is 0 Å². The Balaban J connectivity index is 1.52. The van der Waals surface area contributed by atoms with Crippen LogP contribution in [0.15, 0.2) is 60.7 Å². The second kappa shape index (κ2) is 8.57. The summed E-state index contributed by atoms with van der Waals surface area (Å²) in [6, 6.07) is 19.1. The highest BCUT2D eigenvalue weighted by atomic mass is 32.2.